The number of hydrogen-bond donors (Lipinski definition) is 3. The van der Waals surface area contributed by atoms with Gasteiger partial charge in [0.2, 0.25) is 17.7 Å². The highest BCUT2D eigenvalue weighted by atomic mass is 16.6. The molecule has 0 radical (unpaired) electrons. The van der Waals surface area contributed by atoms with Crippen LogP contribution in [-0.2, 0) is 58.8 Å². The molecule has 4 rings (SSSR count). The molecule has 3 amide bonds. The molecule has 0 unspecified atom stereocenters. The monoisotopic (exact) mass is 847 g/mol. The van der Waals surface area contributed by atoms with Crippen molar-refractivity contribution in [2.45, 2.75) is 25.8 Å². The molecule has 16 nitrogen and oxygen atoms in total. The van der Waals surface area contributed by atoms with Crippen LogP contribution in [0.4, 0.5) is 11.4 Å². The summed E-state index contributed by atoms with van der Waals surface area (Å²) in [6.07, 6.45) is 0.325. The number of carbonyl (C=O) groups excluding carboxylic acids is 3. The highest BCUT2D eigenvalue weighted by Crippen LogP contribution is 2.26. The maximum atomic E-state index is 13.3. The van der Waals surface area contributed by atoms with E-state index in [0.717, 1.165) is 22.4 Å². The molecular formula is C45H57N3O13. The van der Waals surface area contributed by atoms with Gasteiger partial charge in [0.1, 0.15) is 0 Å². The molecule has 1 aliphatic heterocycles. The van der Waals surface area contributed by atoms with Crippen LogP contribution in [0.1, 0.15) is 46.3 Å². The van der Waals surface area contributed by atoms with Gasteiger partial charge < -0.3 is 58.5 Å². The lowest BCUT2D eigenvalue weighted by atomic mass is 10.0. The van der Waals surface area contributed by atoms with Crippen molar-refractivity contribution in [1.82, 2.24) is 5.32 Å². The smallest absolute Gasteiger partial charge is 0.335 e. The molecule has 3 aromatic carbocycles. The number of ether oxygens (including phenoxy) is 8. The van der Waals surface area contributed by atoms with Crippen LogP contribution in [0.15, 0.2) is 72.8 Å². The van der Waals surface area contributed by atoms with Crippen molar-refractivity contribution in [3.8, 4) is 11.8 Å². The number of carbonyl (C=O) groups is 4. The average Bonchev–Trinajstić information content (AvgIpc) is 3.26. The maximum absolute atomic E-state index is 13.3. The van der Waals surface area contributed by atoms with E-state index in [1.807, 2.05) is 48.5 Å². The highest BCUT2D eigenvalue weighted by Gasteiger charge is 2.21. The molecule has 1 aliphatic rings. The van der Waals surface area contributed by atoms with Crippen LogP contribution in [0.2, 0.25) is 0 Å². The van der Waals surface area contributed by atoms with Gasteiger partial charge in [-0.3, -0.25) is 14.4 Å². The van der Waals surface area contributed by atoms with Gasteiger partial charge in [-0.1, -0.05) is 42.2 Å². The molecular weight excluding hydrogens is 791 g/mol. The van der Waals surface area contributed by atoms with Crippen LogP contribution in [0.25, 0.3) is 0 Å². The van der Waals surface area contributed by atoms with Crippen LogP contribution in [0.3, 0.4) is 0 Å². The van der Waals surface area contributed by atoms with Gasteiger partial charge in [0.05, 0.1) is 130 Å². The van der Waals surface area contributed by atoms with Gasteiger partial charge in [-0.25, -0.2) is 4.79 Å². The van der Waals surface area contributed by atoms with E-state index in [1.54, 1.807) is 4.90 Å². The molecule has 0 aliphatic carbocycles. The third kappa shape index (κ3) is 20.3. The van der Waals surface area contributed by atoms with Crippen molar-refractivity contribution >= 4 is 35.1 Å². The van der Waals surface area contributed by atoms with Gasteiger partial charge in [0.25, 0.3) is 0 Å². The van der Waals surface area contributed by atoms with E-state index >= 15 is 0 Å². The predicted molar refractivity (Wildman–Crippen MR) is 225 cm³/mol. The highest BCUT2D eigenvalue weighted by molar-refractivity contribution is 5.97. The molecule has 0 saturated carbocycles. The molecule has 330 valence electrons. The standard InChI is InChI=1S/C45H57N3O13/c49-42(15-16-44(51)48-35-39-7-2-1-5-36(39)9-10-37-6-3-4-8-41(37)48)46-18-20-55-22-24-57-26-28-59-30-32-61-34-33-60-31-29-58-27-25-56-23-21-54-19-17-43(50)47-40-13-11-38(12-14-40)45(52)53/h1-8,11-14H,15-35H2,(H,46,49)(H,47,50)(H,52,53). The van der Waals surface area contributed by atoms with Gasteiger partial charge >= 0.3 is 5.97 Å². The molecule has 0 spiro atoms. The number of amides is 3. The Balaban J connectivity index is 0.840. The summed E-state index contributed by atoms with van der Waals surface area (Å²) < 4.78 is 43.8. The van der Waals surface area contributed by atoms with Crippen LogP contribution in [-0.4, -0.2) is 141 Å². The average molecular weight is 848 g/mol. The second kappa shape index (κ2) is 29.9. The van der Waals surface area contributed by atoms with E-state index in [-0.39, 0.29) is 49.2 Å². The van der Waals surface area contributed by atoms with Gasteiger partial charge in [0, 0.05) is 36.2 Å². The second-order valence-electron chi connectivity index (χ2n) is 13.3. The molecule has 1 heterocycles. The number of anilines is 2. The summed E-state index contributed by atoms with van der Waals surface area (Å²) in [4.78, 5) is 50.3. The quantitative estimate of drug-likeness (QED) is 0.0610. The maximum Gasteiger partial charge on any atom is 0.335 e. The van der Waals surface area contributed by atoms with Crippen molar-refractivity contribution in [2.75, 3.05) is 122 Å². The number of rotatable bonds is 32. The third-order valence-corrected chi connectivity index (χ3v) is 8.80. The van der Waals surface area contributed by atoms with Crippen molar-refractivity contribution in [2.24, 2.45) is 0 Å². The van der Waals surface area contributed by atoms with Crippen LogP contribution in [0, 0.1) is 11.8 Å². The summed E-state index contributed by atoms with van der Waals surface area (Å²) in [5, 5.41) is 14.4. The lowest BCUT2D eigenvalue weighted by Gasteiger charge is -2.26. The molecule has 3 N–H and O–H groups in total. The lowest BCUT2D eigenvalue weighted by Crippen LogP contribution is -2.34. The fourth-order valence-corrected chi connectivity index (χ4v) is 5.64. The zero-order valence-corrected chi connectivity index (χ0v) is 34.6. The molecule has 16 heteroatoms. The number of hydrogen-bond acceptors (Lipinski definition) is 12. The fourth-order valence-electron chi connectivity index (χ4n) is 5.64. The topological polar surface area (TPSA) is 190 Å². The minimum Gasteiger partial charge on any atom is -0.478 e. The number of para-hydroxylation sites is 1. The number of benzene rings is 3. The zero-order chi connectivity index (χ0) is 43.2. The Hall–Kier alpha value is -5.22. The van der Waals surface area contributed by atoms with Gasteiger partial charge in [-0.2, -0.15) is 0 Å². The summed E-state index contributed by atoms with van der Waals surface area (Å²) in [5.41, 5.74) is 4.05. The van der Waals surface area contributed by atoms with E-state index in [2.05, 4.69) is 22.5 Å². The number of nitrogens with zero attached hydrogens (tertiary/aromatic N) is 1. The molecule has 0 saturated heterocycles. The first-order valence-electron chi connectivity index (χ1n) is 20.4. The van der Waals surface area contributed by atoms with Crippen LogP contribution in [0.5, 0.6) is 0 Å². The second-order valence-corrected chi connectivity index (χ2v) is 13.3. The third-order valence-electron chi connectivity index (χ3n) is 8.80. The Labute approximate surface area is 357 Å². The van der Waals surface area contributed by atoms with Gasteiger partial charge in [-0.05, 0) is 48.0 Å². The SMILES string of the molecule is O=C(CCC(=O)N1Cc2ccccc2C#Cc2ccccc21)NCCOCCOCCOCCOCCOCCOCCOCCOCCC(=O)Nc1ccc(C(=O)O)cc1. The number of nitrogens with one attached hydrogen (secondary N) is 2. The normalized spacial score (nSPS) is 11.7. The van der Waals surface area contributed by atoms with Crippen molar-refractivity contribution in [3.05, 3.63) is 95.1 Å². The molecule has 0 fully saturated rings. The Bertz CT molecular complexity index is 1830. The van der Waals surface area contributed by atoms with Crippen molar-refractivity contribution in [3.63, 3.8) is 0 Å². The first-order valence-corrected chi connectivity index (χ1v) is 20.4. The fraction of sp³-hybridized carbons (Fsp3) is 0.467. The number of carboxylic acids is 1. The van der Waals surface area contributed by atoms with Gasteiger partial charge in [0.15, 0.2) is 0 Å². The summed E-state index contributed by atoms with van der Waals surface area (Å²) >= 11 is 0. The summed E-state index contributed by atoms with van der Waals surface area (Å²) in [7, 11) is 0. The number of fused-ring (bicyclic) bond motifs is 2. The van der Waals surface area contributed by atoms with E-state index in [4.69, 9.17) is 43.0 Å². The van der Waals surface area contributed by atoms with E-state index in [9.17, 15) is 19.2 Å². The lowest BCUT2D eigenvalue weighted by molar-refractivity contribution is -0.125. The minimum atomic E-state index is -1.02. The number of aromatic carboxylic acids is 1. The Morgan fingerprint density at radius 2 is 1.00 bits per heavy atom. The first kappa shape index (κ1) is 48.4. The van der Waals surface area contributed by atoms with Crippen molar-refractivity contribution < 1.29 is 62.2 Å². The first-order chi connectivity index (χ1) is 29.9. The zero-order valence-electron chi connectivity index (χ0n) is 34.6. The molecule has 3 aromatic rings. The van der Waals surface area contributed by atoms with E-state index < -0.39 is 5.97 Å². The predicted octanol–water partition coefficient (Wildman–Crippen LogP) is 3.69. The summed E-state index contributed by atoms with van der Waals surface area (Å²) in [5.74, 6) is 4.80. The molecule has 0 atom stereocenters. The van der Waals surface area contributed by atoms with Crippen LogP contribution >= 0.6 is 0 Å². The largest absolute Gasteiger partial charge is 0.478 e. The van der Waals surface area contributed by atoms with Crippen LogP contribution < -0.4 is 15.5 Å². The number of carboxylic acid groups (broad SMARTS) is 1. The molecule has 0 aromatic heterocycles. The van der Waals surface area contributed by atoms with E-state index in [0.29, 0.717) is 118 Å². The Kier molecular flexibility index (Phi) is 23.8. The van der Waals surface area contributed by atoms with Gasteiger partial charge in [-0.15, -0.1) is 0 Å². The summed E-state index contributed by atoms with van der Waals surface area (Å²) in [6.45, 7) is 7.15. The molecule has 61 heavy (non-hydrogen) atoms. The summed E-state index contributed by atoms with van der Waals surface area (Å²) in [6, 6.07) is 21.3. The van der Waals surface area contributed by atoms with E-state index in [1.165, 1.54) is 24.3 Å². The minimum absolute atomic E-state index is 0.0767. The Morgan fingerprint density at radius 3 is 1.56 bits per heavy atom. The molecule has 0 bridgehead atoms. The Morgan fingerprint density at radius 1 is 0.525 bits per heavy atom. The van der Waals surface area contributed by atoms with Crippen molar-refractivity contribution in [1.29, 1.82) is 0 Å².